The van der Waals surface area contributed by atoms with Crippen molar-refractivity contribution in [2.45, 2.75) is 18.6 Å². The molecule has 1 aliphatic heterocycles. The summed E-state index contributed by atoms with van der Waals surface area (Å²) in [5, 5.41) is 2.76. The molecule has 1 N–H and O–H groups in total. The van der Waals surface area contributed by atoms with E-state index in [1.54, 1.807) is 45.3 Å². The maximum Gasteiger partial charge on any atom is 0.340 e. The van der Waals surface area contributed by atoms with Crippen molar-refractivity contribution in [2.24, 2.45) is 4.99 Å². The lowest BCUT2D eigenvalue weighted by Crippen LogP contribution is -2.30. The number of nitrogens with one attached hydrogen (secondary N) is 1. The Morgan fingerprint density at radius 2 is 2.08 bits per heavy atom. The minimum absolute atomic E-state index is 0.00399. The molecule has 0 bridgehead atoms. The first kappa shape index (κ1) is 18.0. The number of aliphatic imine (C=N–C) groups is 1. The van der Waals surface area contributed by atoms with Crippen LogP contribution in [0.4, 0.5) is 5.69 Å². The summed E-state index contributed by atoms with van der Waals surface area (Å²) in [5.41, 5.74) is 0.653. The summed E-state index contributed by atoms with van der Waals surface area (Å²) in [6, 6.07) is 6.61. The van der Waals surface area contributed by atoms with Crippen molar-refractivity contribution in [1.29, 1.82) is 0 Å². The Kier molecular flexibility index (Phi) is 5.97. The fourth-order valence-electron chi connectivity index (χ4n) is 2.25. The van der Waals surface area contributed by atoms with E-state index in [-0.39, 0.29) is 30.4 Å². The van der Waals surface area contributed by atoms with E-state index in [4.69, 9.17) is 4.74 Å². The standard InChI is InChI=1S/C16H19N3O4S/c1-4-23-15(22)10-7-5-6-8-11(10)18-13(20)9-12-14(21)19(3)16(17-2)24-12/h5-8,12H,4,9H2,1-3H3,(H,18,20)/t12-/m0/s1. The molecule has 0 spiro atoms. The van der Waals surface area contributed by atoms with E-state index in [0.29, 0.717) is 10.9 Å². The van der Waals surface area contributed by atoms with E-state index >= 15 is 0 Å². The highest BCUT2D eigenvalue weighted by molar-refractivity contribution is 8.15. The minimum atomic E-state index is -0.511. The van der Waals surface area contributed by atoms with E-state index in [2.05, 4.69) is 10.3 Å². The fraction of sp³-hybridized carbons (Fsp3) is 0.375. The number of amides is 2. The molecule has 2 amide bonds. The molecule has 2 rings (SSSR count). The predicted octanol–water partition coefficient (Wildman–Crippen LogP) is 1.75. The summed E-state index contributed by atoms with van der Waals surface area (Å²) in [4.78, 5) is 41.7. The highest BCUT2D eigenvalue weighted by Crippen LogP contribution is 2.28. The van der Waals surface area contributed by atoms with E-state index in [1.165, 1.54) is 16.7 Å². The quantitative estimate of drug-likeness (QED) is 0.818. The molecule has 1 fully saturated rings. The molecule has 0 radical (unpaired) electrons. The molecule has 1 aromatic carbocycles. The first-order valence-corrected chi connectivity index (χ1v) is 8.32. The summed E-state index contributed by atoms with van der Waals surface area (Å²) in [7, 11) is 3.23. The van der Waals surface area contributed by atoms with Crippen LogP contribution in [0.2, 0.25) is 0 Å². The Bertz CT molecular complexity index is 690. The van der Waals surface area contributed by atoms with E-state index < -0.39 is 11.2 Å². The highest BCUT2D eigenvalue weighted by atomic mass is 32.2. The number of carbonyl (C=O) groups is 3. The molecule has 1 aromatic rings. The Hall–Kier alpha value is -2.35. The van der Waals surface area contributed by atoms with Gasteiger partial charge in [-0.3, -0.25) is 19.5 Å². The second-order valence-electron chi connectivity index (χ2n) is 5.03. The molecule has 7 nitrogen and oxygen atoms in total. The third kappa shape index (κ3) is 3.94. The fourth-order valence-corrected chi connectivity index (χ4v) is 3.35. The number of rotatable bonds is 5. The topological polar surface area (TPSA) is 88.1 Å². The number of carbonyl (C=O) groups excluding carboxylic acids is 3. The molecule has 1 aliphatic rings. The third-order valence-electron chi connectivity index (χ3n) is 3.40. The minimum Gasteiger partial charge on any atom is -0.462 e. The van der Waals surface area contributed by atoms with Crippen molar-refractivity contribution >= 4 is 40.4 Å². The van der Waals surface area contributed by atoms with E-state index in [9.17, 15) is 14.4 Å². The Labute approximate surface area is 144 Å². The lowest BCUT2D eigenvalue weighted by atomic mass is 10.1. The number of thioether (sulfide) groups is 1. The Balaban J connectivity index is 2.06. The predicted molar refractivity (Wildman–Crippen MR) is 93.2 cm³/mol. The molecule has 1 heterocycles. The van der Waals surface area contributed by atoms with Crippen LogP contribution < -0.4 is 5.32 Å². The highest BCUT2D eigenvalue weighted by Gasteiger charge is 2.36. The number of amidine groups is 1. The molecule has 0 saturated carbocycles. The smallest absolute Gasteiger partial charge is 0.340 e. The van der Waals surface area contributed by atoms with E-state index in [0.717, 1.165) is 0 Å². The zero-order chi connectivity index (χ0) is 17.7. The van der Waals surface area contributed by atoms with Crippen LogP contribution in [0.25, 0.3) is 0 Å². The van der Waals surface area contributed by atoms with Crippen LogP contribution >= 0.6 is 11.8 Å². The van der Waals surface area contributed by atoms with Gasteiger partial charge in [-0.15, -0.1) is 0 Å². The normalized spacial score (nSPS) is 18.8. The summed E-state index contributed by atoms with van der Waals surface area (Å²) < 4.78 is 4.97. The SMILES string of the molecule is CCOC(=O)c1ccccc1NC(=O)C[C@@H]1SC(=NC)N(C)C1=O. The molecule has 1 saturated heterocycles. The van der Waals surface area contributed by atoms with Crippen LogP contribution in [0.15, 0.2) is 29.3 Å². The van der Waals surface area contributed by atoms with Crippen molar-refractivity contribution in [2.75, 3.05) is 26.0 Å². The van der Waals surface area contributed by atoms with Gasteiger partial charge < -0.3 is 10.1 Å². The Morgan fingerprint density at radius 1 is 1.38 bits per heavy atom. The number of anilines is 1. The van der Waals surface area contributed by atoms with Gasteiger partial charge in [0.15, 0.2) is 5.17 Å². The molecule has 8 heteroatoms. The van der Waals surface area contributed by atoms with Gasteiger partial charge in [-0.25, -0.2) is 4.79 Å². The number of ether oxygens (including phenoxy) is 1. The van der Waals surface area contributed by atoms with Gasteiger partial charge >= 0.3 is 5.97 Å². The van der Waals surface area contributed by atoms with Crippen molar-refractivity contribution < 1.29 is 19.1 Å². The first-order chi connectivity index (χ1) is 11.5. The van der Waals surface area contributed by atoms with Gasteiger partial charge in [-0.1, -0.05) is 23.9 Å². The lowest BCUT2D eigenvalue weighted by Gasteiger charge is -2.11. The summed E-state index contributed by atoms with van der Waals surface area (Å²) in [5.74, 6) is -1.00. The van der Waals surface area contributed by atoms with E-state index in [1.807, 2.05) is 0 Å². The summed E-state index contributed by atoms with van der Waals surface area (Å²) in [6.07, 6.45) is 0.00399. The molecule has 0 unspecified atom stereocenters. The second-order valence-corrected chi connectivity index (χ2v) is 6.20. The monoisotopic (exact) mass is 349 g/mol. The maximum atomic E-state index is 12.3. The molecular formula is C16H19N3O4S. The number of benzene rings is 1. The van der Waals surface area contributed by atoms with Crippen molar-refractivity contribution in [1.82, 2.24) is 4.90 Å². The van der Waals surface area contributed by atoms with Gasteiger partial charge in [-0.05, 0) is 19.1 Å². The molecule has 0 aromatic heterocycles. The second kappa shape index (κ2) is 7.96. The number of nitrogens with zero attached hydrogens (tertiary/aromatic N) is 2. The average molecular weight is 349 g/mol. The Morgan fingerprint density at radius 3 is 2.71 bits per heavy atom. The number of hydrogen-bond acceptors (Lipinski definition) is 6. The number of esters is 1. The zero-order valence-corrected chi connectivity index (χ0v) is 14.6. The zero-order valence-electron chi connectivity index (χ0n) is 13.7. The van der Waals surface area contributed by atoms with Gasteiger partial charge in [0.1, 0.15) is 5.25 Å². The summed E-state index contributed by atoms with van der Waals surface area (Å²) in [6.45, 7) is 1.96. The lowest BCUT2D eigenvalue weighted by molar-refractivity contribution is -0.127. The molecule has 0 aliphatic carbocycles. The largest absolute Gasteiger partial charge is 0.462 e. The van der Waals surface area contributed by atoms with Crippen molar-refractivity contribution in [3.8, 4) is 0 Å². The van der Waals surface area contributed by atoms with Crippen LogP contribution in [-0.4, -0.2) is 53.8 Å². The van der Waals surface area contributed by atoms with Crippen LogP contribution in [0.1, 0.15) is 23.7 Å². The van der Waals surface area contributed by atoms with Crippen LogP contribution in [-0.2, 0) is 14.3 Å². The van der Waals surface area contributed by atoms with Crippen molar-refractivity contribution in [3.05, 3.63) is 29.8 Å². The first-order valence-electron chi connectivity index (χ1n) is 7.45. The van der Waals surface area contributed by atoms with Gasteiger partial charge in [0.05, 0.1) is 17.9 Å². The molecular weight excluding hydrogens is 330 g/mol. The van der Waals surface area contributed by atoms with Crippen molar-refractivity contribution in [3.63, 3.8) is 0 Å². The molecule has 1 atom stereocenters. The van der Waals surface area contributed by atoms with Gasteiger partial charge in [-0.2, -0.15) is 0 Å². The van der Waals surface area contributed by atoms with Gasteiger partial charge in [0.2, 0.25) is 11.8 Å². The third-order valence-corrected chi connectivity index (χ3v) is 4.72. The summed E-state index contributed by atoms with van der Waals surface area (Å²) >= 11 is 1.26. The van der Waals surface area contributed by atoms with Gasteiger partial charge in [0.25, 0.3) is 0 Å². The van der Waals surface area contributed by atoms with Crippen LogP contribution in [0, 0.1) is 0 Å². The maximum absolute atomic E-state index is 12.3. The number of hydrogen-bond donors (Lipinski definition) is 1. The molecule has 24 heavy (non-hydrogen) atoms. The van der Waals surface area contributed by atoms with Crippen LogP contribution in [0.5, 0.6) is 0 Å². The average Bonchev–Trinajstić information content (AvgIpc) is 2.83. The number of para-hydroxylation sites is 1. The van der Waals surface area contributed by atoms with Gasteiger partial charge in [0, 0.05) is 20.5 Å². The van der Waals surface area contributed by atoms with Crippen LogP contribution in [0.3, 0.4) is 0 Å². The molecule has 128 valence electrons.